The van der Waals surface area contributed by atoms with E-state index in [-0.39, 0.29) is 0 Å². The molecule has 17 N–H and O–H groups in total. The molecule has 0 aromatic heterocycles. The molecule has 0 radical (unpaired) electrons. The van der Waals surface area contributed by atoms with E-state index in [1.54, 1.807) is 0 Å². The number of aliphatic hydroxyl groups excluding tert-OH is 1. The van der Waals surface area contributed by atoms with E-state index in [4.69, 9.17) is 0 Å². The van der Waals surface area contributed by atoms with E-state index in [0.29, 0.717) is 4.90 Å². The van der Waals surface area contributed by atoms with Crippen molar-refractivity contribution >= 4 is 60.8 Å². The van der Waals surface area contributed by atoms with Gasteiger partial charge in [-0.1, -0.05) is 0 Å². The van der Waals surface area contributed by atoms with Gasteiger partial charge in [-0.25, -0.2) is 0 Å². The Morgan fingerprint density at radius 3 is 0.630 bits per heavy atom. The summed E-state index contributed by atoms with van der Waals surface area (Å²) in [5.74, 6) is 0. The molecule has 36 heteroatoms. The molecule has 0 atom stereocenters. The van der Waals surface area contributed by atoms with Crippen molar-refractivity contribution in [2.45, 2.75) is 22.1 Å². The summed E-state index contributed by atoms with van der Waals surface area (Å²) in [5, 5.41) is 9.37. The molecular weight excluding hydrogens is 810 g/mol. The van der Waals surface area contributed by atoms with Gasteiger partial charge in [0, 0.05) is 32.7 Å². The molecule has 28 nitrogen and oxygen atoms in total. The number of rotatable bonds is 20. The molecule has 0 spiro atoms. The monoisotopic (exact) mass is 843 g/mol. The summed E-state index contributed by atoms with van der Waals surface area (Å²) in [4.78, 5) is 152. The minimum absolute atomic E-state index is 0.541. The fourth-order valence-corrected chi connectivity index (χ4v) is 16.2. The van der Waals surface area contributed by atoms with Crippen LogP contribution in [0, 0.1) is 0 Å². The minimum Gasteiger partial charge on any atom is -0.395 e. The van der Waals surface area contributed by atoms with Gasteiger partial charge < -0.3 is 83.4 Å². The number of aliphatic hydroxyl groups is 1. The quantitative estimate of drug-likeness (QED) is 0.0513. The second kappa shape index (κ2) is 16.2. The van der Waals surface area contributed by atoms with Crippen molar-refractivity contribution in [1.82, 2.24) is 14.7 Å². The first-order chi connectivity index (χ1) is 19.9. The minimum atomic E-state index is -6.30. The fraction of sp³-hybridized carbons (Fsp3) is 1.00. The van der Waals surface area contributed by atoms with Crippen LogP contribution in [0.15, 0.2) is 0 Å². The van der Waals surface area contributed by atoms with Crippen LogP contribution in [-0.4, -0.2) is 160 Å². The zero-order valence-electron chi connectivity index (χ0n) is 22.3. The van der Waals surface area contributed by atoms with Crippen LogP contribution in [0.4, 0.5) is 0 Å². The largest absolute Gasteiger partial charge is 0.395 e. The van der Waals surface area contributed by atoms with Gasteiger partial charge in [-0.3, -0.25) is 51.2 Å². The molecule has 0 unspecified atom stereocenters. The van der Waals surface area contributed by atoms with Crippen molar-refractivity contribution in [3.05, 3.63) is 0 Å². The predicted molar refractivity (Wildman–Crippen MR) is 148 cm³/mol. The van der Waals surface area contributed by atoms with Crippen molar-refractivity contribution in [3.63, 3.8) is 0 Å². The summed E-state index contributed by atoms with van der Waals surface area (Å²) in [5.41, 5.74) is -14.7. The van der Waals surface area contributed by atoms with Gasteiger partial charge in [0.05, 0.1) is 6.61 Å². The highest BCUT2D eigenvalue weighted by Crippen LogP contribution is 2.70. The van der Waals surface area contributed by atoms with E-state index >= 15 is 0 Å². The topological polar surface area (TPSA) is 490 Å². The molecule has 0 saturated heterocycles. The summed E-state index contributed by atoms with van der Waals surface area (Å²) >= 11 is 0. The third kappa shape index (κ3) is 14.3. The maximum absolute atomic E-state index is 12.0. The van der Waals surface area contributed by atoms with Crippen LogP contribution in [-0.2, 0) is 36.5 Å². The van der Waals surface area contributed by atoms with Gasteiger partial charge in [0.1, 0.15) is 0 Å². The molecule has 0 heterocycles. The Kier molecular flexibility index (Phi) is 16.5. The van der Waals surface area contributed by atoms with Gasteiger partial charge in [0.2, 0.25) is 22.1 Å². The molecule has 0 fully saturated rings. The smallest absolute Gasteiger partial charge is 0.355 e. The normalized spacial score (nSPS) is 15.5. The molecule has 0 aromatic rings. The fourth-order valence-electron chi connectivity index (χ4n) is 4.02. The molecule has 0 aliphatic rings. The SMILES string of the molecule is O=P(O)(O)C(N(CCN(CCO)CCN(C(P(=O)(O)O)P(=O)(O)O)C(P(=O)(O)O)P(=O)(O)O)C(P(=O)(O)O)P(=O)(O)O)P(=O)(O)O. The summed E-state index contributed by atoms with van der Waals surface area (Å²) in [6.45, 7) is -7.47. The van der Waals surface area contributed by atoms with Gasteiger partial charge >= 0.3 is 60.8 Å². The molecule has 0 aromatic carbocycles. The van der Waals surface area contributed by atoms with Crippen LogP contribution in [0.3, 0.4) is 0 Å². The third-order valence-corrected chi connectivity index (χ3v) is 19.8. The van der Waals surface area contributed by atoms with Gasteiger partial charge in [-0.05, 0) is 0 Å². The van der Waals surface area contributed by atoms with Crippen molar-refractivity contribution in [2.24, 2.45) is 0 Å². The van der Waals surface area contributed by atoms with E-state index < -0.39 is 132 Å². The maximum Gasteiger partial charge on any atom is 0.355 e. The molecule has 0 bridgehead atoms. The summed E-state index contributed by atoms with van der Waals surface area (Å²) < 4.78 is 95.9. The third-order valence-electron chi connectivity index (χ3n) is 5.36. The van der Waals surface area contributed by atoms with Crippen molar-refractivity contribution in [2.75, 3.05) is 39.3 Å². The van der Waals surface area contributed by atoms with Crippen LogP contribution in [0.5, 0.6) is 0 Å². The van der Waals surface area contributed by atoms with Gasteiger partial charge in [-0.15, -0.1) is 0 Å². The van der Waals surface area contributed by atoms with Crippen LogP contribution >= 0.6 is 60.8 Å². The highest BCUT2D eigenvalue weighted by Gasteiger charge is 2.60. The predicted octanol–water partition coefficient (Wildman–Crippen LogP) is -4.56. The lowest BCUT2D eigenvalue weighted by Crippen LogP contribution is -2.49. The summed E-state index contributed by atoms with van der Waals surface area (Å²) in [6.07, 6.45) is 0. The zero-order chi connectivity index (χ0) is 37.3. The van der Waals surface area contributed by atoms with Crippen LogP contribution in [0.25, 0.3) is 0 Å². The Morgan fingerprint density at radius 2 is 0.500 bits per heavy atom. The highest BCUT2D eigenvalue weighted by atomic mass is 31.3. The Balaban J connectivity index is 7.17. The summed E-state index contributed by atoms with van der Waals surface area (Å²) in [6, 6.07) is 0. The average Bonchev–Trinajstić information content (AvgIpc) is 2.66. The molecule has 0 aliphatic carbocycles. The van der Waals surface area contributed by atoms with Crippen molar-refractivity contribution in [3.8, 4) is 0 Å². The number of hydrogen-bond donors (Lipinski definition) is 17. The lowest BCUT2D eigenvalue weighted by atomic mass is 10.4. The lowest BCUT2D eigenvalue weighted by molar-refractivity contribution is 0.133. The standard InChI is InChI=1S/C10H33N3O25P8/c14-6-5-11(1-3-12(7(39(15,16)17)40(18,19)20)8(41(21,22)23)42(24,25)26)2-4-13(9(43(27,28)29)44(30,31)32)10(45(33,34)35)46(36,37)38/h7-10,14H,1-6H2,(H2,15,16,17)(H2,18,19,20)(H2,21,22,23)(H2,24,25,26)(H2,27,28,29)(H2,30,31,32)(H2,33,34,35)(H2,36,37,38). The first kappa shape index (κ1) is 47.0. The van der Waals surface area contributed by atoms with Crippen LogP contribution < -0.4 is 0 Å². The molecule has 0 amide bonds. The van der Waals surface area contributed by atoms with Crippen LogP contribution in [0.2, 0.25) is 0 Å². The van der Waals surface area contributed by atoms with E-state index in [2.05, 4.69) is 0 Å². The van der Waals surface area contributed by atoms with Crippen LogP contribution in [0.1, 0.15) is 0 Å². The van der Waals surface area contributed by atoms with Gasteiger partial charge in [-0.2, -0.15) is 0 Å². The van der Waals surface area contributed by atoms with E-state index in [0.717, 1.165) is 0 Å². The van der Waals surface area contributed by atoms with Gasteiger partial charge in [0.15, 0.2) is 0 Å². The lowest BCUT2D eigenvalue weighted by Gasteiger charge is -2.40. The Bertz CT molecular complexity index is 1130. The van der Waals surface area contributed by atoms with Crippen molar-refractivity contribution in [1.29, 1.82) is 0 Å². The van der Waals surface area contributed by atoms with E-state index in [9.17, 15) is 120 Å². The first-order valence-electron chi connectivity index (χ1n) is 11.2. The Hall–Kier alpha value is 1.04. The summed E-state index contributed by atoms with van der Waals surface area (Å²) in [7, 11) is -50.4. The highest BCUT2D eigenvalue weighted by molar-refractivity contribution is 7.73. The molecular formula is C10H33N3O25P8. The number of nitrogens with zero attached hydrogens (tertiary/aromatic N) is 3. The second-order valence-electron chi connectivity index (χ2n) is 9.14. The Morgan fingerprint density at radius 1 is 0.326 bits per heavy atom. The molecule has 46 heavy (non-hydrogen) atoms. The number of hydrogen-bond acceptors (Lipinski definition) is 12. The Labute approximate surface area is 257 Å². The zero-order valence-corrected chi connectivity index (χ0v) is 29.5. The second-order valence-corrected chi connectivity index (χ2v) is 24.1. The van der Waals surface area contributed by atoms with Gasteiger partial charge in [0.25, 0.3) is 0 Å². The maximum atomic E-state index is 12.0. The van der Waals surface area contributed by atoms with E-state index in [1.165, 1.54) is 0 Å². The van der Waals surface area contributed by atoms with Crippen molar-refractivity contribution < 1.29 is 120 Å². The first-order valence-corrected chi connectivity index (χ1v) is 24.6. The molecule has 0 rings (SSSR count). The molecule has 0 aliphatic heterocycles. The average molecular weight is 843 g/mol. The molecule has 278 valence electrons. The van der Waals surface area contributed by atoms with E-state index in [1.807, 2.05) is 0 Å². The molecule has 0 saturated carbocycles.